The van der Waals surface area contributed by atoms with Crippen LogP contribution in [0.2, 0.25) is 0 Å². The highest BCUT2D eigenvalue weighted by Crippen LogP contribution is 2.37. The number of hydrogen-bond donors (Lipinski definition) is 2. The summed E-state index contributed by atoms with van der Waals surface area (Å²) in [5, 5.41) is 10.7. The Morgan fingerprint density at radius 2 is 2.38 bits per heavy atom. The molecule has 21 heavy (non-hydrogen) atoms. The number of aromatic amines is 1. The van der Waals surface area contributed by atoms with Crippen molar-refractivity contribution in [1.29, 1.82) is 0 Å². The van der Waals surface area contributed by atoms with Crippen LogP contribution in [0.5, 0.6) is 0 Å². The second-order valence-corrected chi connectivity index (χ2v) is 8.45. The Hall–Kier alpha value is -0.440. The largest absolute Gasteiger partial charge is 0.339 e. The van der Waals surface area contributed by atoms with Gasteiger partial charge in [0.2, 0.25) is 5.95 Å². The number of nitrogens with one attached hydrogen (secondary N) is 2. The highest BCUT2D eigenvalue weighted by molar-refractivity contribution is 9.13. The molecule has 1 saturated heterocycles. The minimum absolute atomic E-state index is 0.677. The molecule has 2 N–H and O–H groups in total. The Bertz CT molecular complexity index is 590. The van der Waals surface area contributed by atoms with Crippen molar-refractivity contribution in [3.63, 3.8) is 0 Å². The third-order valence-electron chi connectivity index (χ3n) is 3.65. The number of nitrogens with zero attached hydrogens (tertiary/aromatic N) is 3. The van der Waals surface area contributed by atoms with Crippen LogP contribution in [0.1, 0.15) is 12.8 Å². The summed E-state index contributed by atoms with van der Waals surface area (Å²) in [5.74, 6) is 2.32. The normalized spacial score (nSPS) is 19.2. The van der Waals surface area contributed by atoms with Crippen LogP contribution in [-0.2, 0) is 0 Å². The van der Waals surface area contributed by atoms with Crippen LogP contribution in [0, 0.1) is 5.92 Å². The van der Waals surface area contributed by atoms with Gasteiger partial charge in [-0.2, -0.15) is 4.98 Å². The summed E-state index contributed by atoms with van der Waals surface area (Å²) < 4.78 is 2.12. The molecule has 1 aliphatic rings. The third-order valence-corrected chi connectivity index (χ3v) is 6.91. The van der Waals surface area contributed by atoms with Gasteiger partial charge in [-0.1, -0.05) is 0 Å². The van der Waals surface area contributed by atoms with Gasteiger partial charge in [-0.05, 0) is 70.3 Å². The van der Waals surface area contributed by atoms with Gasteiger partial charge in [0.1, 0.15) is 0 Å². The summed E-state index contributed by atoms with van der Waals surface area (Å²) in [6, 6.07) is 2.05. The molecule has 1 unspecified atom stereocenters. The van der Waals surface area contributed by atoms with Gasteiger partial charge in [0, 0.05) is 17.6 Å². The summed E-state index contributed by atoms with van der Waals surface area (Å²) in [6.07, 6.45) is 2.48. The molecule has 0 radical (unpaired) electrons. The molecule has 0 bridgehead atoms. The molecule has 114 valence electrons. The standard InChI is InChI=1S/C13H17Br2N5S/c1-16-6-8-3-2-4-20(7-8)13-17-12(18-19-13)10-5-9(14)11(15)21-10/h5,8,16H,2-4,6-7H2,1H3,(H,17,18,19). The van der Waals surface area contributed by atoms with Crippen molar-refractivity contribution in [2.45, 2.75) is 12.8 Å². The molecule has 1 fully saturated rings. The van der Waals surface area contributed by atoms with E-state index in [0.717, 1.165) is 44.5 Å². The first-order chi connectivity index (χ1) is 10.2. The Morgan fingerprint density at radius 1 is 1.52 bits per heavy atom. The second-order valence-electron chi connectivity index (χ2n) is 5.23. The third kappa shape index (κ3) is 3.49. The molecule has 2 aromatic heterocycles. The molecule has 0 spiro atoms. The number of H-pyrrole nitrogens is 1. The molecule has 0 amide bonds. The van der Waals surface area contributed by atoms with Crippen LogP contribution in [-0.4, -0.2) is 41.9 Å². The molecular formula is C13H17Br2N5S. The van der Waals surface area contributed by atoms with E-state index >= 15 is 0 Å². The lowest BCUT2D eigenvalue weighted by Gasteiger charge is -2.31. The summed E-state index contributed by atoms with van der Waals surface area (Å²) in [6.45, 7) is 3.11. The van der Waals surface area contributed by atoms with Crippen molar-refractivity contribution in [3.8, 4) is 10.7 Å². The Labute approximate surface area is 144 Å². The first-order valence-corrected chi connectivity index (χ1v) is 9.34. The van der Waals surface area contributed by atoms with Crippen LogP contribution in [0.4, 0.5) is 5.95 Å². The van der Waals surface area contributed by atoms with Crippen molar-refractivity contribution in [2.24, 2.45) is 5.92 Å². The number of hydrogen-bond acceptors (Lipinski definition) is 5. The van der Waals surface area contributed by atoms with Gasteiger partial charge in [-0.25, -0.2) is 0 Å². The van der Waals surface area contributed by atoms with Gasteiger partial charge in [-0.3, -0.25) is 5.10 Å². The monoisotopic (exact) mass is 433 g/mol. The fourth-order valence-electron chi connectivity index (χ4n) is 2.67. The molecule has 0 aromatic carbocycles. The molecule has 0 saturated carbocycles. The van der Waals surface area contributed by atoms with Gasteiger partial charge in [0.15, 0.2) is 5.82 Å². The van der Waals surface area contributed by atoms with Gasteiger partial charge in [-0.15, -0.1) is 16.4 Å². The molecular weight excluding hydrogens is 418 g/mol. The SMILES string of the molecule is CNCC1CCCN(c2n[nH]c(-c3cc(Br)c(Br)s3)n2)C1. The Kier molecular flexibility index (Phi) is 4.98. The highest BCUT2D eigenvalue weighted by Gasteiger charge is 2.22. The van der Waals surface area contributed by atoms with E-state index in [9.17, 15) is 0 Å². The lowest BCUT2D eigenvalue weighted by atomic mass is 9.98. The maximum atomic E-state index is 4.66. The van der Waals surface area contributed by atoms with E-state index < -0.39 is 0 Å². The summed E-state index contributed by atoms with van der Waals surface area (Å²) >= 11 is 8.66. The van der Waals surface area contributed by atoms with Crippen LogP contribution >= 0.6 is 43.2 Å². The molecule has 3 rings (SSSR count). The van der Waals surface area contributed by atoms with E-state index in [1.54, 1.807) is 11.3 Å². The summed E-state index contributed by atoms with van der Waals surface area (Å²) in [5.41, 5.74) is 0. The number of anilines is 1. The highest BCUT2D eigenvalue weighted by atomic mass is 79.9. The average Bonchev–Trinajstić information content (AvgIpc) is 3.08. The zero-order chi connectivity index (χ0) is 14.8. The number of aromatic nitrogens is 3. The minimum Gasteiger partial charge on any atom is -0.339 e. The van der Waals surface area contributed by atoms with Gasteiger partial charge in [0.25, 0.3) is 0 Å². The first kappa shape index (κ1) is 15.5. The summed E-state index contributed by atoms with van der Waals surface area (Å²) in [4.78, 5) is 8.02. The predicted molar refractivity (Wildman–Crippen MR) is 94.0 cm³/mol. The first-order valence-electron chi connectivity index (χ1n) is 6.94. The number of halogens is 2. The van der Waals surface area contributed by atoms with E-state index in [-0.39, 0.29) is 0 Å². The van der Waals surface area contributed by atoms with E-state index in [4.69, 9.17) is 0 Å². The van der Waals surface area contributed by atoms with Crippen LogP contribution in [0.15, 0.2) is 14.3 Å². The van der Waals surface area contributed by atoms with E-state index in [2.05, 4.69) is 63.3 Å². The fourth-order valence-corrected chi connectivity index (χ4v) is 4.64. The fraction of sp³-hybridized carbons (Fsp3) is 0.538. The van der Waals surface area contributed by atoms with Gasteiger partial charge in [0.05, 0.1) is 8.66 Å². The van der Waals surface area contributed by atoms with Gasteiger partial charge >= 0.3 is 0 Å². The molecule has 8 heteroatoms. The molecule has 1 atom stereocenters. The van der Waals surface area contributed by atoms with Gasteiger partial charge < -0.3 is 10.2 Å². The van der Waals surface area contributed by atoms with Crippen LogP contribution in [0.25, 0.3) is 10.7 Å². The smallest absolute Gasteiger partial charge is 0.245 e. The van der Waals surface area contributed by atoms with Crippen molar-refractivity contribution >= 4 is 49.1 Å². The maximum absolute atomic E-state index is 4.66. The van der Waals surface area contributed by atoms with Crippen molar-refractivity contribution < 1.29 is 0 Å². The molecule has 1 aliphatic heterocycles. The van der Waals surface area contributed by atoms with Crippen LogP contribution < -0.4 is 10.2 Å². The Morgan fingerprint density at radius 3 is 3.10 bits per heavy atom. The number of thiophene rings is 1. The topological polar surface area (TPSA) is 56.8 Å². The molecule has 0 aliphatic carbocycles. The van der Waals surface area contributed by atoms with E-state index in [1.807, 2.05) is 7.05 Å². The zero-order valence-corrected chi connectivity index (χ0v) is 15.7. The average molecular weight is 435 g/mol. The van der Waals surface area contributed by atoms with E-state index in [1.165, 1.54) is 12.8 Å². The number of rotatable bonds is 4. The summed E-state index contributed by atoms with van der Waals surface area (Å²) in [7, 11) is 2.01. The zero-order valence-electron chi connectivity index (χ0n) is 11.7. The van der Waals surface area contributed by atoms with E-state index in [0.29, 0.717) is 5.92 Å². The molecule has 3 heterocycles. The Balaban J connectivity index is 1.75. The second kappa shape index (κ2) is 6.76. The number of piperidine rings is 1. The maximum Gasteiger partial charge on any atom is 0.245 e. The lowest BCUT2D eigenvalue weighted by Crippen LogP contribution is -2.39. The van der Waals surface area contributed by atoms with Crippen LogP contribution in [0.3, 0.4) is 0 Å². The van der Waals surface area contributed by atoms with Crippen molar-refractivity contribution in [1.82, 2.24) is 20.5 Å². The minimum atomic E-state index is 0.677. The van der Waals surface area contributed by atoms with Crippen molar-refractivity contribution in [2.75, 3.05) is 31.6 Å². The lowest BCUT2D eigenvalue weighted by molar-refractivity contribution is 0.399. The molecule has 5 nitrogen and oxygen atoms in total. The molecule has 2 aromatic rings. The predicted octanol–water partition coefficient (Wildman–Crippen LogP) is 3.49. The quantitative estimate of drug-likeness (QED) is 0.773. The van der Waals surface area contributed by atoms with Crippen molar-refractivity contribution in [3.05, 3.63) is 14.3 Å².